The lowest BCUT2D eigenvalue weighted by Gasteiger charge is -2.41. The second-order valence-electron chi connectivity index (χ2n) is 7.56. The predicted octanol–water partition coefficient (Wildman–Crippen LogP) is 2.98. The largest absolute Gasteiger partial charge is 0.378 e. The van der Waals surface area contributed by atoms with E-state index in [-0.39, 0.29) is 29.8 Å². The zero-order valence-electron chi connectivity index (χ0n) is 14.3. The van der Waals surface area contributed by atoms with Crippen LogP contribution in [0.5, 0.6) is 0 Å². The van der Waals surface area contributed by atoms with E-state index in [1.54, 1.807) is 0 Å². The van der Waals surface area contributed by atoms with Gasteiger partial charge in [0.05, 0.1) is 12.0 Å². The minimum atomic E-state index is -0.319. The average molecular weight is 333 g/mol. The average Bonchev–Trinajstić information content (AvgIpc) is 2.44. The van der Waals surface area contributed by atoms with Crippen molar-refractivity contribution < 1.29 is 9.53 Å². The molecule has 2 atom stereocenters. The molecule has 130 valence electrons. The smallest absolute Gasteiger partial charge is 0.227 e. The number of rotatable bonds is 4. The maximum atomic E-state index is 12.7. The van der Waals surface area contributed by atoms with Gasteiger partial charge in [0, 0.05) is 25.2 Å². The van der Waals surface area contributed by atoms with Gasteiger partial charge in [0.25, 0.3) is 0 Å². The van der Waals surface area contributed by atoms with Crippen LogP contribution in [-0.4, -0.2) is 42.1 Å². The van der Waals surface area contributed by atoms with Crippen LogP contribution in [-0.2, 0) is 9.53 Å². The van der Waals surface area contributed by atoms with Crippen LogP contribution in [0.1, 0.15) is 59.3 Å². The Labute approximate surface area is 141 Å². The van der Waals surface area contributed by atoms with E-state index >= 15 is 0 Å². The number of nitrogens with zero attached hydrogens (tertiary/aromatic N) is 1. The van der Waals surface area contributed by atoms with Crippen molar-refractivity contribution in [1.29, 1.82) is 0 Å². The van der Waals surface area contributed by atoms with Crippen molar-refractivity contribution in [3.63, 3.8) is 0 Å². The molecule has 0 aromatic heterocycles. The number of nitrogens with two attached hydrogens (primary N) is 1. The topological polar surface area (TPSA) is 55.6 Å². The first-order chi connectivity index (χ1) is 9.90. The number of likely N-dealkylation sites (tertiary alicyclic amines) is 1. The van der Waals surface area contributed by atoms with Crippen LogP contribution in [0.2, 0.25) is 0 Å². The molecule has 1 amide bonds. The molecule has 1 aliphatic heterocycles. The molecule has 2 rings (SSSR count). The quantitative estimate of drug-likeness (QED) is 0.861. The van der Waals surface area contributed by atoms with Crippen molar-refractivity contribution in [3.8, 4) is 0 Å². The highest BCUT2D eigenvalue weighted by Gasteiger charge is 2.40. The number of carbonyl (C=O) groups excluding carboxylic acids is 1. The summed E-state index contributed by atoms with van der Waals surface area (Å²) >= 11 is 0. The van der Waals surface area contributed by atoms with E-state index in [4.69, 9.17) is 10.5 Å². The summed E-state index contributed by atoms with van der Waals surface area (Å²) in [5, 5.41) is 0. The van der Waals surface area contributed by atoms with Crippen LogP contribution in [0.4, 0.5) is 0 Å². The second-order valence-corrected chi connectivity index (χ2v) is 7.56. The lowest BCUT2D eigenvalue weighted by atomic mass is 9.74. The highest BCUT2D eigenvalue weighted by atomic mass is 35.5. The van der Waals surface area contributed by atoms with Gasteiger partial charge in [-0.15, -0.1) is 12.4 Å². The number of ether oxygens (including phenoxy) is 1. The normalized spacial score (nSPS) is 30.2. The fourth-order valence-electron chi connectivity index (χ4n) is 3.56. The lowest BCUT2D eigenvalue weighted by Crippen LogP contribution is -2.55. The Kier molecular flexibility index (Phi) is 7.63. The maximum absolute atomic E-state index is 12.7. The first-order valence-corrected chi connectivity index (χ1v) is 8.59. The first-order valence-electron chi connectivity index (χ1n) is 8.59. The van der Waals surface area contributed by atoms with E-state index in [1.807, 2.05) is 11.8 Å². The van der Waals surface area contributed by atoms with Crippen LogP contribution in [0.3, 0.4) is 0 Å². The molecule has 0 bridgehead atoms. The molecule has 2 aliphatic rings. The van der Waals surface area contributed by atoms with Gasteiger partial charge >= 0.3 is 0 Å². The summed E-state index contributed by atoms with van der Waals surface area (Å²) in [6.07, 6.45) is 6.47. The molecule has 2 N–H and O–H groups in total. The Balaban J connectivity index is 0.00000242. The Morgan fingerprint density at radius 3 is 2.45 bits per heavy atom. The Bertz CT molecular complexity index is 353. The fraction of sp³-hybridized carbons (Fsp3) is 0.941. The molecule has 0 spiro atoms. The van der Waals surface area contributed by atoms with Gasteiger partial charge in [-0.2, -0.15) is 0 Å². The van der Waals surface area contributed by atoms with Crippen molar-refractivity contribution in [3.05, 3.63) is 0 Å². The molecule has 5 heteroatoms. The van der Waals surface area contributed by atoms with E-state index in [9.17, 15) is 4.79 Å². The lowest BCUT2D eigenvalue weighted by molar-refractivity contribution is -0.141. The molecule has 1 saturated heterocycles. The Morgan fingerprint density at radius 2 is 1.91 bits per heavy atom. The first kappa shape index (κ1) is 19.7. The van der Waals surface area contributed by atoms with Crippen molar-refractivity contribution in [2.45, 2.75) is 70.9 Å². The van der Waals surface area contributed by atoms with Crippen molar-refractivity contribution in [1.82, 2.24) is 4.90 Å². The molecule has 0 aromatic carbocycles. The second kappa shape index (κ2) is 8.51. The van der Waals surface area contributed by atoms with Crippen LogP contribution < -0.4 is 5.73 Å². The number of halogens is 1. The van der Waals surface area contributed by atoms with Crippen LogP contribution in [0.25, 0.3) is 0 Å². The summed E-state index contributed by atoms with van der Waals surface area (Å²) in [4.78, 5) is 14.8. The van der Waals surface area contributed by atoms with E-state index in [0.29, 0.717) is 12.0 Å². The van der Waals surface area contributed by atoms with Crippen LogP contribution >= 0.6 is 12.4 Å². The van der Waals surface area contributed by atoms with Gasteiger partial charge in [-0.1, -0.05) is 26.7 Å². The maximum Gasteiger partial charge on any atom is 0.227 e. The third-order valence-corrected chi connectivity index (χ3v) is 4.97. The van der Waals surface area contributed by atoms with Gasteiger partial charge in [-0.3, -0.25) is 4.79 Å². The summed E-state index contributed by atoms with van der Waals surface area (Å²) in [6, 6.07) is 0. The fourth-order valence-corrected chi connectivity index (χ4v) is 3.56. The molecule has 1 saturated carbocycles. The van der Waals surface area contributed by atoms with Gasteiger partial charge in [0.2, 0.25) is 5.91 Å². The molecule has 4 nitrogen and oxygen atoms in total. The van der Waals surface area contributed by atoms with Gasteiger partial charge in [0.15, 0.2) is 0 Å². The third kappa shape index (κ3) is 5.10. The van der Waals surface area contributed by atoms with Gasteiger partial charge < -0.3 is 15.4 Å². The number of hydrogen-bond acceptors (Lipinski definition) is 3. The van der Waals surface area contributed by atoms with Gasteiger partial charge in [0.1, 0.15) is 0 Å². The molecule has 0 aromatic rings. The molecule has 2 fully saturated rings. The Hall–Kier alpha value is -0.320. The van der Waals surface area contributed by atoms with Crippen LogP contribution in [0.15, 0.2) is 0 Å². The van der Waals surface area contributed by atoms with Crippen molar-refractivity contribution >= 4 is 18.3 Å². The molecule has 0 radical (unpaired) electrons. The number of piperidine rings is 1. The van der Waals surface area contributed by atoms with Gasteiger partial charge in [-0.05, 0) is 38.5 Å². The zero-order valence-corrected chi connectivity index (χ0v) is 15.2. The summed E-state index contributed by atoms with van der Waals surface area (Å²) in [5.74, 6) is 0.867. The number of carbonyl (C=O) groups is 1. The summed E-state index contributed by atoms with van der Waals surface area (Å²) in [5.41, 5.74) is 6.05. The van der Waals surface area contributed by atoms with E-state index < -0.39 is 0 Å². The SMILES string of the molecule is CC(C)COC1CCN(C(=O)C2CCCCC2(C)N)CC1.Cl. The molecular formula is C17H33ClN2O2. The third-order valence-electron chi connectivity index (χ3n) is 4.97. The summed E-state index contributed by atoms with van der Waals surface area (Å²) in [6.45, 7) is 8.87. The highest BCUT2D eigenvalue weighted by molar-refractivity contribution is 5.85. The molecule has 1 aliphatic carbocycles. The predicted molar refractivity (Wildman–Crippen MR) is 92.2 cm³/mol. The van der Waals surface area contributed by atoms with E-state index in [1.165, 1.54) is 0 Å². The molecule has 22 heavy (non-hydrogen) atoms. The van der Waals surface area contributed by atoms with Crippen LogP contribution in [0, 0.1) is 11.8 Å². The van der Waals surface area contributed by atoms with Crippen molar-refractivity contribution in [2.75, 3.05) is 19.7 Å². The van der Waals surface area contributed by atoms with E-state index in [2.05, 4.69) is 13.8 Å². The molecule has 1 heterocycles. The number of hydrogen-bond donors (Lipinski definition) is 1. The van der Waals surface area contributed by atoms with Crippen molar-refractivity contribution in [2.24, 2.45) is 17.6 Å². The van der Waals surface area contributed by atoms with E-state index in [0.717, 1.165) is 58.2 Å². The molecule has 2 unspecified atom stereocenters. The molecular weight excluding hydrogens is 300 g/mol. The standard InChI is InChI=1S/C17H32N2O2.ClH/c1-13(2)12-21-14-7-10-19(11-8-14)16(20)15-6-4-5-9-17(15,3)18;/h13-15H,4-12,18H2,1-3H3;1H. The highest BCUT2D eigenvalue weighted by Crippen LogP contribution is 2.33. The summed E-state index contributed by atoms with van der Waals surface area (Å²) in [7, 11) is 0. The van der Waals surface area contributed by atoms with Gasteiger partial charge in [-0.25, -0.2) is 0 Å². The summed E-state index contributed by atoms with van der Waals surface area (Å²) < 4.78 is 5.90. The monoisotopic (exact) mass is 332 g/mol. The zero-order chi connectivity index (χ0) is 15.5. The number of amides is 1. The minimum Gasteiger partial charge on any atom is -0.378 e. The Morgan fingerprint density at radius 1 is 1.27 bits per heavy atom. The minimum absolute atomic E-state index is 0.